The molecule has 0 aromatic heterocycles. The van der Waals surface area contributed by atoms with Crippen molar-refractivity contribution in [1.29, 1.82) is 0 Å². The van der Waals surface area contributed by atoms with Gasteiger partial charge in [0.25, 0.3) is 0 Å². The first-order valence-electron chi connectivity index (χ1n) is 7.39. The Labute approximate surface area is 132 Å². The number of fused-ring (bicyclic) bond motifs is 1. The molecule has 1 N–H and O–H groups in total. The van der Waals surface area contributed by atoms with Gasteiger partial charge >= 0.3 is 5.97 Å². The Morgan fingerprint density at radius 2 is 1.90 bits per heavy atom. The predicted molar refractivity (Wildman–Crippen MR) is 82.3 cm³/mol. The molecular formula is C16H19BrO4. The van der Waals surface area contributed by atoms with Crippen molar-refractivity contribution < 1.29 is 19.4 Å². The molecule has 0 atom stereocenters. The van der Waals surface area contributed by atoms with Crippen LogP contribution in [0.4, 0.5) is 0 Å². The molecule has 0 unspecified atom stereocenters. The molecule has 114 valence electrons. The second-order valence-corrected chi connectivity index (χ2v) is 6.65. The van der Waals surface area contributed by atoms with Crippen molar-refractivity contribution in [3.8, 4) is 11.5 Å². The van der Waals surface area contributed by atoms with Crippen LogP contribution in [0.3, 0.4) is 0 Å². The Bertz CT molecular complexity index is 576. The van der Waals surface area contributed by atoms with Gasteiger partial charge in [-0.2, -0.15) is 0 Å². The summed E-state index contributed by atoms with van der Waals surface area (Å²) in [5.74, 6) is 0.612. The van der Waals surface area contributed by atoms with E-state index in [1.807, 2.05) is 13.0 Å². The molecule has 1 aliphatic heterocycles. The van der Waals surface area contributed by atoms with Crippen molar-refractivity contribution in [2.45, 2.75) is 44.4 Å². The van der Waals surface area contributed by atoms with Gasteiger partial charge in [-0.3, -0.25) is 4.79 Å². The van der Waals surface area contributed by atoms with E-state index in [9.17, 15) is 9.90 Å². The van der Waals surface area contributed by atoms with E-state index in [4.69, 9.17) is 9.47 Å². The van der Waals surface area contributed by atoms with Crippen LogP contribution in [0.5, 0.6) is 11.5 Å². The zero-order valence-corrected chi connectivity index (χ0v) is 13.7. The summed E-state index contributed by atoms with van der Waals surface area (Å²) in [4.78, 5) is 12.1. The molecule has 4 nitrogen and oxygen atoms in total. The topological polar surface area (TPSA) is 55.8 Å². The van der Waals surface area contributed by atoms with Gasteiger partial charge in [0.15, 0.2) is 11.5 Å². The molecule has 5 heteroatoms. The van der Waals surface area contributed by atoms with Crippen LogP contribution in [0.25, 0.3) is 0 Å². The molecule has 21 heavy (non-hydrogen) atoms. The van der Waals surface area contributed by atoms with Gasteiger partial charge in [0.1, 0.15) is 13.2 Å². The van der Waals surface area contributed by atoms with Crippen molar-refractivity contribution in [2.75, 3.05) is 13.2 Å². The van der Waals surface area contributed by atoms with E-state index in [1.54, 1.807) is 0 Å². The normalized spacial score (nSPS) is 20.1. The number of carboxylic acids is 1. The number of carboxylic acid groups (broad SMARTS) is 1. The minimum atomic E-state index is -0.809. The molecule has 1 aromatic carbocycles. The Morgan fingerprint density at radius 1 is 1.24 bits per heavy atom. The molecular weight excluding hydrogens is 336 g/mol. The van der Waals surface area contributed by atoms with Crippen LogP contribution in [0, 0.1) is 6.92 Å². The summed E-state index contributed by atoms with van der Waals surface area (Å²) in [6, 6.07) is 1.91. The SMILES string of the molecule is Cc1cc2c(c(Br)c1C1(C(=O)O)CCCCC1)OCCO2. The van der Waals surface area contributed by atoms with Gasteiger partial charge in [-0.15, -0.1) is 0 Å². The Hall–Kier alpha value is -1.23. The summed E-state index contributed by atoms with van der Waals surface area (Å²) >= 11 is 3.59. The fourth-order valence-corrected chi connectivity index (χ4v) is 4.58. The third kappa shape index (κ3) is 2.31. The van der Waals surface area contributed by atoms with E-state index >= 15 is 0 Å². The van der Waals surface area contributed by atoms with Crippen LogP contribution in [-0.2, 0) is 10.2 Å². The summed E-state index contributed by atoms with van der Waals surface area (Å²) in [6.45, 7) is 2.98. The molecule has 0 saturated heterocycles. The number of hydrogen-bond acceptors (Lipinski definition) is 3. The molecule has 2 aliphatic rings. The zero-order chi connectivity index (χ0) is 15.0. The van der Waals surface area contributed by atoms with E-state index in [2.05, 4.69) is 15.9 Å². The molecule has 0 bridgehead atoms. The third-order valence-electron chi connectivity index (χ3n) is 4.57. The standard InChI is InChI=1S/C16H19BrO4/c1-10-9-11-14(21-8-7-20-11)13(17)12(10)16(15(18)19)5-3-2-4-6-16/h9H,2-8H2,1H3,(H,18,19). The van der Waals surface area contributed by atoms with Crippen LogP contribution in [0.1, 0.15) is 43.2 Å². The van der Waals surface area contributed by atoms with E-state index in [0.717, 1.165) is 34.9 Å². The van der Waals surface area contributed by atoms with Gasteiger partial charge < -0.3 is 14.6 Å². The number of rotatable bonds is 2. The van der Waals surface area contributed by atoms with E-state index in [0.29, 0.717) is 37.6 Å². The van der Waals surface area contributed by atoms with Gasteiger partial charge in [0.2, 0.25) is 0 Å². The van der Waals surface area contributed by atoms with Gasteiger partial charge in [0, 0.05) is 0 Å². The maximum atomic E-state index is 12.1. The summed E-state index contributed by atoms with van der Waals surface area (Å²) in [5.41, 5.74) is 1.01. The maximum absolute atomic E-state index is 12.1. The van der Waals surface area contributed by atoms with Crippen molar-refractivity contribution in [3.63, 3.8) is 0 Å². The lowest BCUT2D eigenvalue weighted by Crippen LogP contribution is -2.39. The highest BCUT2D eigenvalue weighted by molar-refractivity contribution is 9.10. The van der Waals surface area contributed by atoms with Gasteiger partial charge in [-0.05, 0) is 52.9 Å². The third-order valence-corrected chi connectivity index (χ3v) is 5.32. The Balaban J connectivity index is 2.18. The highest BCUT2D eigenvalue weighted by Gasteiger charge is 2.44. The second-order valence-electron chi connectivity index (χ2n) is 5.85. The lowest BCUT2D eigenvalue weighted by molar-refractivity contribution is -0.145. The number of aliphatic carboxylic acids is 1. The van der Waals surface area contributed by atoms with Crippen LogP contribution in [0.15, 0.2) is 10.5 Å². The molecule has 1 heterocycles. The number of benzene rings is 1. The largest absolute Gasteiger partial charge is 0.486 e. The quantitative estimate of drug-likeness (QED) is 0.876. The number of aryl methyl sites for hydroxylation is 1. The smallest absolute Gasteiger partial charge is 0.314 e. The van der Waals surface area contributed by atoms with Crippen LogP contribution in [-0.4, -0.2) is 24.3 Å². The minimum Gasteiger partial charge on any atom is -0.486 e. The Kier molecular flexibility index (Phi) is 3.86. The van der Waals surface area contributed by atoms with Crippen molar-refractivity contribution in [2.24, 2.45) is 0 Å². The fraction of sp³-hybridized carbons (Fsp3) is 0.562. The summed E-state index contributed by atoms with van der Waals surface area (Å²) in [7, 11) is 0. The zero-order valence-electron chi connectivity index (χ0n) is 12.1. The lowest BCUT2D eigenvalue weighted by Gasteiger charge is -2.36. The molecule has 1 aliphatic carbocycles. The first kappa shape index (κ1) is 14.7. The number of ether oxygens (including phenoxy) is 2. The highest BCUT2D eigenvalue weighted by atomic mass is 79.9. The van der Waals surface area contributed by atoms with Gasteiger partial charge in [-0.25, -0.2) is 0 Å². The summed E-state index contributed by atoms with van der Waals surface area (Å²) < 4.78 is 12.1. The average Bonchev–Trinajstić information content (AvgIpc) is 2.48. The number of hydrogen-bond donors (Lipinski definition) is 1. The van der Waals surface area contributed by atoms with Crippen LogP contribution in [0.2, 0.25) is 0 Å². The summed E-state index contributed by atoms with van der Waals surface area (Å²) in [6.07, 6.45) is 4.37. The first-order chi connectivity index (χ1) is 10.1. The molecule has 3 rings (SSSR count). The predicted octanol–water partition coefficient (Wildman–Crippen LogP) is 3.82. The number of carbonyl (C=O) groups is 1. The Morgan fingerprint density at radius 3 is 2.57 bits per heavy atom. The average molecular weight is 355 g/mol. The lowest BCUT2D eigenvalue weighted by atomic mass is 9.68. The van der Waals surface area contributed by atoms with Crippen molar-refractivity contribution >= 4 is 21.9 Å². The highest BCUT2D eigenvalue weighted by Crippen LogP contribution is 2.50. The summed E-state index contributed by atoms with van der Waals surface area (Å²) in [5, 5.41) is 9.90. The monoisotopic (exact) mass is 354 g/mol. The van der Waals surface area contributed by atoms with Crippen molar-refractivity contribution in [1.82, 2.24) is 0 Å². The van der Waals surface area contributed by atoms with Crippen LogP contribution >= 0.6 is 15.9 Å². The van der Waals surface area contributed by atoms with Gasteiger partial charge in [-0.1, -0.05) is 19.3 Å². The first-order valence-corrected chi connectivity index (χ1v) is 8.18. The number of halogens is 1. The van der Waals surface area contributed by atoms with E-state index in [-0.39, 0.29) is 0 Å². The van der Waals surface area contributed by atoms with Gasteiger partial charge in [0.05, 0.1) is 9.89 Å². The molecule has 0 radical (unpaired) electrons. The molecule has 1 fully saturated rings. The van der Waals surface area contributed by atoms with E-state index < -0.39 is 11.4 Å². The molecule has 0 amide bonds. The minimum absolute atomic E-state index is 0.494. The fourth-order valence-electron chi connectivity index (χ4n) is 3.58. The van der Waals surface area contributed by atoms with Crippen molar-refractivity contribution in [3.05, 3.63) is 21.7 Å². The molecule has 1 saturated carbocycles. The maximum Gasteiger partial charge on any atom is 0.314 e. The molecule has 1 aromatic rings. The molecule has 0 spiro atoms. The van der Waals surface area contributed by atoms with Crippen LogP contribution < -0.4 is 9.47 Å². The van der Waals surface area contributed by atoms with E-state index in [1.165, 1.54) is 0 Å². The second kappa shape index (κ2) is 5.52.